The van der Waals surface area contributed by atoms with Crippen LogP contribution in [0.1, 0.15) is 32.1 Å². The molecule has 0 nitrogen and oxygen atoms in total. The molecular weight excluding hydrogens is 303 g/mol. The lowest BCUT2D eigenvalue weighted by Gasteiger charge is -2.35. The molecule has 0 amide bonds. The van der Waals surface area contributed by atoms with Crippen LogP contribution in [0, 0.1) is 5.41 Å². The van der Waals surface area contributed by atoms with Crippen LogP contribution in [0.3, 0.4) is 0 Å². The Kier molecular flexibility index (Phi) is 5.62. The van der Waals surface area contributed by atoms with Crippen molar-refractivity contribution in [1.82, 2.24) is 0 Å². The molecule has 1 aliphatic rings. The molecule has 1 aliphatic carbocycles. The van der Waals surface area contributed by atoms with Gasteiger partial charge < -0.3 is 0 Å². The number of thioether (sulfide) groups is 1. The molecule has 0 aromatic heterocycles. The van der Waals surface area contributed by atoms with E-state index in [2.05, 4.69) is 12.6 Å². The van der Waals surface area contributed by atoms with Gasteiger partial charge in [0.25, 0.3) is 0 Å². The highest BCUT2D eigenvalue weighted by Crippen LogP contribution is 2.42. The van der Waals surface area contributed by atoms with E-state index >= 15 is 0 Å². The van der Waals surface area contributed by atoms with Gasteiger partial charge in [0.05, 0.1) is 10.0 Å². The Balaban J connectivity index is 1.98. The zero-order chi connectivity index (χ0) is 13.0. The van der Waals surface area contributed by atoms with Crippen LogP contribution in [0.4, 0.5) is 0 Å². The Hall–Kier alpha value is 0.500. The minimum Gasteiger partial charge on any atom is -0.179 e. The van der Waals surface area contributed by atoms with Gasteiger partial charge in [0.2, 0.25) is 0 Å². The van der Waals surface area contributed by atoms with E-state index in [1.54, 1.807) is 0 Å². The first-order valence-corrected chi connectivity index (χ1v) is 8.71. The smallest absolute Gasteiger partial charge is 0.0603 e. The number of thiol groups is 1. The summed E-state index contributed by atoms with van der Waals surface area (Å²) < 4.78 is 0. The van der Waals surface area contributed by atoms with Gasteiger partial charge in [-0.1, -0.05) is 42.5 Å². The maximum Gasteiger partial charge on any atom is 0.0603 e. The van der Waals surface area contributed by atoms with Crippen molar-refractivity contribution in [2.45, 2.75) is 37.0 Å². The maximum absolute atomic E-state index is 6.04. The van der Waals surface area contributed by atoms with E-state index in [9.17, 15) is 0 Å². The molecule has 2 rings (SSSR count). The van der Waals surface area contributed by atoms with Crippen LogP contribution in [0.25, 0.3) is 0 Å². The summed E-state index contributed by atoms with van der Waals surface area (Å²) in [7, 11) is 0. The fourth-order valence-corrected chi connectivity index (χ4v) is 4.62. The van der Waals surface area contributed by atoms with Gasteiger partial charge in [-0.15, -0.1) is 11.8 Å². The number of hydrogen-bond donors (Lipinski definition) is 1. The first-order chi connectivity index (χ1) is 8.65. The fourth-order valence-electron chi connectivity index (χ4n) is 2.45. The molecule has 1 fully saturated rings. The quantitative estimate of drug-likeness (QED) is 0.527. The summed E-state index contributed by atoms with van der Waals surface area (Å²) in [6.45, 7) is 0. The Morgan fingerprint density at radius 1 is 1.11 bits per heavy atom. The Bertz CT molecular complexity index is 401. The van der Waals surface area contributed by atoms with Crippen molar-refractivity contribution in [2.75, 3.05) is 11.5 Å². The molecule has 1 saturated carbocycles. The first kappa shape index (κ1) is 14.9. The second-order valence-corrected chi connectivity index (χ2v) is 7.26. The van der Waals surface area contributed by atoms with Crippen LogP contribution >= 0.6 is 47.6 Å². The summed E-state index contributed by atoms with van der Waals surface area (Å²) in [5.41, 5.74) is 0.415. The van der Waals surface area contributed by atoms with Gasteiger partial charge >= 0.3 is 0 Å². The average Bonchev–Trinajstić information content (AvgIpc) is 2.41. The van der Waals surface area contributed by atoms with Crippen LogP contribution in [0.15, 0.2) is 23.1 Å². The normalized spacial score (nSPS) is 18.8. The molecule has 0 N–H and O–H groups in total. The van der Waals surface area contributed by atoms with Crippen LogP contribution in [-0.2, 0) is 0 Å². The maximum atomic E-state index is 6.04. The lowest BCUT2D eigenvalue weighted by atomic mass is 9.77. The molecule has 4 heteroatoms. The second kappa shape index (κ2) is 6.78. The van der Waals surface area contributed by atoms with Crippen LogP contribution in [0.5, 0.6) is 0 Å². The van der Waals surface area contributed by atoms with Gasteiger partial charge in [0.15, 0.2) is 0 Å². The molecule has 0 aliphatic heterocycles. The first-order valence-electron chi connectivity index (χ1n) is 6.34. The van der Waals surface area contributed by atoms with Gasteiger partial charge in [-0.05, 0) is 42.2 Å². The number of hydrogen-bond acceptors (Lipinski definition) is 2. The predicted octanol–water partition coefficient (Wildman–Crippen LogP) is 5.97. The summed E-state index contributed by atoms with van der Waals surface area (Å²) in [4.78, 5) is 1.20. The SMILES string of the molecule is SCC1(CSc2ccc(Cl)c(Cl)c2)CCCCC1. The Morgan fingerprint density at radius 2 is 1.83 bits per heavy atom. The average molecular weight is 321 g/mol. The summed E-state index contributed by atoms with van der Waals surface area (Å²) in [6, 6.07) is 5.89. The molecule has 0 bridgehead atoms. The second-order valence-electron chi connectivity index (χ2n) is 5.08. The van der Waals surface area contributed by atoms with E-state index in [-0.39, 0.29) is 0 Å². The monoisotopic (exact) mass is 320 g/mol. The fraction of sp³-hybridized carbons (Fsp3) is 0.571. The van der Waals surface area contributed by atoms with Crippen molar-refractivity contribution in [2.24, 2.45) is 5.41 Å². The van der Waals surface area contributed by atoms with E-state index in [1.807, 2.05) is 30.0 Å². The number of rotatable bonds is 4. The van der Waals surface area contributed by atoms with E-state index < -0.39 is 0 Å². The van der Waals surface area contributed by atoms with Gasteiger partial charge in [0.1, 0.15) is 0 Å². The highest BCUT2D eigenvalue weighted by atomic mass is 35.5. The largest absolute Gasteiger partial charge is 0.179 e. The van der Waals surface area contributed by atoms with Crippen molar-refractivity contribution in [3.05, 3.63) is 28.2 Å². The van der Waals surface area contributed by atoms with E-state index in [0.717, 1.165) is 11.5 Å². The third-order valence-corrected chi connectivity index (χ3v) is 6.44. The number of benzene rings is 1. The molecule has 0 radical (unpaired) electrons. The van der Waals surface area contributed by atoms with Crippen molar-refractivity contribution in [3.63, 3.8) is 0 Å². The summed E-state index contributed by atoms with van der Waals surface area (Å²) in [5.74, 6) is 2.12. The molecule has 18 heavy (non-hydrogen) atoms. The van der Waals surface area contributed by atoms with Gasteiger partial charge in [-0.3, -0.25) is 0 Å². The van der Waals surface area contributed by atoms with Gasteiger partial charge in [-0.25, -0.2) is 0 Å². The Morgan fingerprint density at radius 3 is 2.44 bits per heavy atom. The third-order valence-electron chi connectivity index (χ3n) is 3.69. The highest BCUT2D eigenvalue weighted by molar-refractivity contribution is 7.99. The van der Waals surface area contributed by atoms with Crippen molar-refractivity contribution < 1.29 is 0 Å². The van der Waals surface area contributed by atoms with E-state index in [0.29, 0.717) is 15.5 Å². The Labute approximate surface area is 129 Å². The summed E-state index contributed by atoms with van der Waals surface area (Å²) >= 11 is 18.4. The van der Waals surface area contributed by atoms with Crippen LogP contribution in [0.2, 0.25) is 10.0 Å². The molecule has 100 valence electrons. The topological polar surface area (TPSA) is 0 Å². The minimum absolute atomic E-state index is 0.415. The van der Waals surface area contributed by atoms with Crippen molar-refractivity contribution >= 4 is 47.6 Å². The standard InChI is InChI=1S/C14H18Cl2S2/c15-12-5-4-11(8-13(12)16)18-10-14(9-17)6-2-1-3-7-14/h4-5,8,17H,1-3,6-7,9-10H2. The van der Waals surface area contributed by atoms with Gasteiger partial charge in [0, 0.05) is 10.6 Å². The highest BCUT2D eigenvalue weighted by Gasteiger charge is 2.30. The molecule has 0 unspecified atom stereocenters. The van der Waals surface area contributed by atoms with Crippen molar-refractivity contribution in [1.29, 1.82) is 0 Å². The van der Waals surface area contributed by atoms with Crippen molar-refractivity contribution in [3.8, 4) is 0 Å². The van der Waals surface area contributed by atoms with Crippen LogP contribution < -0.4 is 0 Å². The minimum atomic E-state index is 0.415. The molecule has 0 heterocycles. The predicted molar refractivity (Wildman–Crippen MR) is 86.6 cm³/mol. The zero-order valence-electron chi connectivity index (χ0n) is 10.3. The summed E-state index contributed by atoms with van der Waals surface area (Å²) in [5, 5.41) is 1.27. The summed E-state index contributed by atoms with van der Waals surface area (Å²) in [6.07, 6.45) is 6.70. The van der Waals surface area contributed by atoms with Gasteiger partial charge in [-0.2, -0.15) is 12.6 Å². The molecule has 0 atom stereocenters. The zero-order valence-corrected chi connectivity index (χ0v) is 13.5. The van der Waals surface area contributed by atoms with Crippen LogP contribution in [-0.4, -0.2) is 11.5 Å². The third kappa shape index (κ3) is 3.75. The molecule has 0 spiro atoms. The molecule has 1 aromatic carbocycles. The lowest BCUT2D eigenvalue weighted by molar-refractivity contribution is 0.259. The molecular formula is C14H18Cl2S2. The number of halogens is 2. The molecule has 0 saturated heterocycles. The van der Waals surface area contributed by atoms with E-state index in [1.165, 1.54) is 37.0 Å². The van der Waals surface area contributed by atoms with E-state index in [4.69, 9.17) is 23.2 Å². The lowest BCUT2D eigenvalue weighted by Crippen LogP contribution is -2.28. The molecule has 1 aromatic rings.